The van der Waals surface area contributed by atoms with E-state index < -0.39 is 15.7 Å². The molecule has 2 aromatic rings. The molecular weight excluding hydrogens is 366 g/mol. The van der Waals surface area contributed by atoms with Crippen molar-refractivity contribution in [3.8, 4) is 0 Å². The number of hydrogen-bond acceptors (Lipinski definition) is 4. The first-order chi connectivity index (χ1) is 11.2. The number of thiophene rings is 1. The Kier molecular flexibility index (Phi) is 5.73. The van der Waals surface area contributed by atoms with Gasteiger partial charge in [-0.2, -0.15) is 0 Å². The number of aryl methyl sites for hydroxylation is 2. The molecule has 1 N–H and O–H groups in total. The van der Waals surface area contributed by atoms with Gasteiger partial charge in [0.25, 0.3) is 5.91 Å². The van der Waals surface area contributed by atoms with Crippen molar-refractivity contribution in [1.29, 1.82) is 0 Å². The van der Waals surface area contributed by atoms with Gasteiger partial charge in [-0.3, -0.25) is 4.79 Å². The third-order valence-corrected chi connectivity index (χ3v) is 6.80. The van der Waals surface area contributed by atoms with E-state index in [1.54, 1.807) is 18.3 Å². The molecule has 0 aliphatic heterocycles. The van der Waals surface area contributed by atoms with E-state index in [4.69, 9.17) is 11.6 Å². The summed E-state index contributed by atoms with van der Waals surface area (Å²) in [6, 6.07) is 6.08. The van der Waals surface area contributed by atoms with Gasteiger partial charge in [-0.15, -0.1) is 11.3 Å². The lowest BCUT2D eigenvalue weighted by Gasteiger charge is -2.16. The standard InChI is InChI=1S/C17H20ClNO3S2/c1-5-24(21,22)16-7-6-13(18)9-15(16)17(20)19-11(3)14-8-10(2)23-12(14)4/h6-9,11H,5H2,1-4H3,(H,19,20). The molecule has 1 aromatic heterocycles. The van der Waals surface area contributed by atoms with Crippen molar-refractivity contribution in [1.82, 2.24) is 5.32 Å². The molecule has 1 unspecified atom stereocenters. The zero-order chi connectivity index (χ0) is 18.1. The van der Waals surface area contributed by atoms with Crippen LogP contribution in [0.15, 0.2) is 29.2 Å². The summed E-state index contributed by atoms with van der Waals surface area (Å²) < 4.78 is 24.5. The minimum absolute atomic E-state index is 0.0114. The predicted molar refractivity (Wildman–Crippen MR) is 98.9 cm³/mol. The molecule has 1 amide bonds. The summed E-state index contributed by atoms with van der Waals surface area (Å²) in [5.41, 5.74) is 1.12. The number of rotatable bonds is 5. The maximum Gasteiger partial charge on any atom is 0.253 e. The molecule has 0 saturated heterocycles. The smallest absolute Gasteiger partial charge is 0.253 e. The second-order valence-electron chi connectivity index (χ2n) is 5.61. The van der Waals surface area contributed by atoms with Crippen LogP contribution in [-0.4, -0.2) is 20.1 Å². The van der Waals surface area contributed by atoms with E-state index in [0.29, 0.717) is 5.02 Å². The molecule has 0 bridgehead atoms. The van der Waals surface area contributed by atoms with Crippen LogP contribution in [0.4, 0.5) is 0 Å². The first-order valence-electron chi connectivity index (χ1n) is 7.55. The van der Waals surface area contributed by atoms with Gasteiger partial charge in [0, 0.05) is 14.8 Å². The Morgan fingerprint density at radius 1 is 1.29 bits per heavy atom. The molecule has 4 nitrogen and oxygen atoms in total. The van der Waals surface area contributed by atoms with Crippen molar-refractivity contribution in [3.63, 3.8) is 0 Å². The van der Waals surface area contributed by atoms with Gasteiger partial charge in [-0.05, 0) is 50.6 Å². The Morgan fingerprint density at radius 2 is 1.96 bits per heavy atom. The SMILES string of the molecule is CCS(=O)(=O)c1ccc(Cl)cc1C(=O)NC(C)c1cc(C)sc1C. The number of amides is 1. The second kappa shape index (κ2) is 7.25. The maximum atomic E-state index is 12.7. The van der Waals surface area contributed by atoms with Crippen LogP contribution < -0.4 is 5.32 Å². The average Bonchev–Trinajstić information content (AvgIpc) is 2.85. The highest BCUT2D eigenvalue weighted by Crippen LogP contribution is 2.27. The fourth-order valence-corrected chi connectivity index (χ4v) is 4.81. The monoisotopic (exact) mass is 385 g/mol. The van der Waals surface area contributed by atoms with Crippen LogP contribution in [0.3, 0.4) is 0 Å². The molecule has 1 heterocycles. The minimum Gasteiger partial charge on any atom is -0.345 e. The van der Waals surface area contributed by atoms with Gasteiger partial charge >= 0.3 is 0 Å². The van der Waals surface area contributed by atoms with E-state index >= 15 is 0 Å². The number of benzene rings is 1. The first-order valence-corrected chi connectivity index (χ1v) is 10.4. The molecule has 0 spiro atoms. The quantitative estimate of drug-likeness (QED) is 0.834. The third kappa shape index (κ3) is 3.99. The van der Waals surface area contributed by atoms with Crippen LogP contribution in [0.25, 0.3) is 0 Å². The molecule has 0 fully saturated rings. The predicted octanol–water partition coefficient (Wildman–Crippen LogP) is 4.30. The van der Waals surface area contributed by atoms with Crippen molar-refractivity contribution < 1.29 is 13.2 Å². The Bertz CT molecular complexity index is 872. The summed E-state index contributed by atoms with van der Waals surface area (Å²) in [5.74, 6) is -0.520. The van der Waals surface area contributed by atoms with Crippen molar-refractivity contribution >= 4 is 38.7 Å². The van der Waals surface area contributed by atoms with E-state index in [2.05, 4.69) is 5.32 Å². The average molecular weight is 386 g/mol. The molecule has 1 atom stereocenters. The molecule has 24 heavy (non-hydrogen) atoms. The Labute approximate surface area is 151 Å². The van der Waals surface area contributed by atoms with Crippen molar-refractivity contribution in [2.75, 3.05) is 5.75 Å². The normalized spacial score (nSPS) is 12.9. The molecular formula is C17H20ClNO3S2. The van der Waals surface area contributed by atoms with Crippen LogP contribution in [0, 0.1) is 13.8 Å². The molecule has 7 heteroatoms. The van der Waals surface area contributed by atoms with E-state index in [0.717, 1.165) is 10.4 Å². The molecule has 1 aromatic carbocycles. The summed E-state index contributed by atoms with van der Waals surface area (Å²) in [5, 5.41) is 3.20. The zero-order valence-corrected chi connectivity index (χ0v) is 16.4. The molecule has 0 aliphatic carbocycles. The van der Waals surface area contributed by atoms with Gasteiger partial charge in [0.15, 0.2) is 9.84 Å². The summed E-state index contributed by atoms with van der Waals surface area (Å²) in [6.07, 6.45) is 0. The maximum absolute atomic E-state index is 12.7. The van der Waals surface area contributed by atoms with Gasteiger partial charge in [0.2, 0.25) is 0 Å². The summed E-state index contributed by atoms with van der Waals surface area (Å²) in [4.78, 5) is 15.0. The Balaban J connectivity index is 2.36. The number of nitrogens with one attached hydrogen (secondary N) is 1. The van der Waals surface area contributed by atoms with Gasteiger partial charge in [-0.1, -0.05) is 18.5 Å². The van der Waals surface area contributed by atoms with Gasteiger partial charge in [0.1, 0.15) is 0 Å². The van der Waals surface area contributed by atoms with E-state index in [1.165, 1.54) is 23.1 Å². The fraction of sp³-hybridized carbons (Fsp3) is 0.353. The van der Waals surface area contributed by atoms with Crippen LogP contribution in [-0.2, 0) is 9.84 Å². The number of carbonyl (C=O) groups is 1. The fourth-order valence-electron chi connectivity index (χ4n) is 2.54. The van der Waals surface area contributed by atoms with Crippen LogP contribution >= 0.6 is 22.9 Å². The minimum atomic E-state index is -3.51. The lowest BCUT2D eigenvalue weighted by Crippen LogP contribution is -2.28. The first kappa shape index (κ1) is 19.0. The molecule has 0 saturated carbocycles. The van der Waals surface area contributed by atoms with Crippen molar-refractivity contribution in [3.05, 3.63) is 50.2 Å². The highest BCUT2D eigenvalue weighted by molar-refractivity contribution is 7.91. The number of halogens is 1. The molecule has 2 rings (SSSR count). The third-order valence-electron chi connectivity index (χ3n) is 3.79. The number of sulfone groups is 1. The highest BCUT2D eigenvalue weighted by atomic mass is 35.5. The highest BCUT2D eigenvalue weighted by Gasteiger charge is 2.23. The van der Waals surface area contributed by atoms with Crippen LogP contribution in [0.2, 0.25) is 5.02 Å². The Morgan fingerprint density at radius 3 is 2.50 bits per heavy atom. The largest absolute Gasteiger partial charge is 0.345 e. The van der Waals surface area contributed by atoms with Crippen LogP contribution in [0.1, 0.15) is 45.6 Å². The summed E-state index contributed by atoms with van der Waals surface area (Å²) in [7, 11) is -3.51. The van der Waals surface area contributed by atoms with Crippen LogP contribution in [0.5, 0.6) is 0 Å². The van der Waals surface area contributed by atoms with Gasteiger partial charge in [-0.25, -0.2) is 8.42 Å². The summed E-state index contributed by atoms with van der Waals surface area (Å²) >= 11 is 7.63. The number of hydrogen-bond donors (Lipinski definition) is 1. The number of carbonyl (C=O) groups excluding carboxylic acids is 1. The van der Waals surface area contributed by atoms with Crippen molar-refractivity contribution in [2.24, 2.45) is 0 Å². The zero-order valence-electron chi connectivity index (χ0n) is 14.0. The Hall–Kier alpha value is -1.37. The molecule has 130 valence electrons. The van der Waals surface area contributed by atoms with E-state index in [1.807, 2.05) is 26.8 Å². The summed E-state index contributed by atoms with van der Waals surface area (Å²) in [6.45, 7) is 7.44. The topological polar surface area (TPSA) is 63.2 Å². The van der Waals surface area contributed by atoms with Gasteiger partial charge in [0.05, 0.1) is 22.3 Å². The van der Waals surface area contributed by atoms with E-state index in [9.17, 15) is 13.2 Å². The molecule has 0 aliphatic rings. The van der Waals surface area contributed by atoms with E-state index in [-0.39, 0.29) is 22.3 Å². The molecule has 0 radical (unpaired) electrons. The second-order valence-corrected chi connectivity index (χ2v) is 9.75. The lowest BCUT2D eigenvalue weighted by molar-refractivity contribution is 0.0936. The van der Waals surface area contributed by atoms with Crippen molar-refractivity contribution in [2.45, 2.75) is 38.6 Å². The lowest BCUT2D eigenvalue weighted by atomic mass is 10.1. The van der Waals surface area contributed by atoms with Gasteiger partial charge < -0.3 is 5.32 Å².